The molecule has 1 fully saturated rings. The first-order chi connectivity index (χ1) is 12.2. The van der Waals surface area contributed by atoms with Gasteiger partial charge in [0.25, 0.3) is 0 Å². The number of hydrogen-bond acceptors (Lipinski definition) is 4. The molecule has 1 aromatic carbocycles. The molecule has 1 aromatic heterocycles. The van der Waals surface area contributed by atoms with Crippen molar-refractivity contribution in [2.24, 2.45) is 0 Å². The Hall–Kier alpha value is -2.32. The average molecular weight is 338 g/mol. The van der Waals surface area contributed by atoms with Gasteiger partial charge in [0.2, 0.25) is 0 Å². The summed E-state index contributed by atoms with van der Waals surface area (Å²) in [5.74, 6) is 1.25. The van der Waals surface area contributed by atoms with Crippen molar-refractivity contribution in [3.05, 3.63) is 46.8 Å². The number of benzene rings is 1. The van der Waals surface area contributed by atoms with Gasteiger partial charge in [-0.3, -0.25) is 4.68 Å². The van der Waals surface area contributed by atoms with E-state index in [1.807, 2.05) is 25.1 Å². The average Bonchev–Trinajstić information content (AvgIpc) is 3.06. The Morgan fingerprint density at radius 3 is 2.76 bits per heavy atom. The second-order valence-corrected chi connectivity index (χ2v) is 6.45. The third-order valence-corrected chi connectivity index (χ3v) is 4.77. The predicted molar refractivity (Wildman–Crippen MR) is 97.9 cm³/mol. The van der Waals surface area contributed by atoms with Crippen LogP contribution in [-0.4, -0.2) is 29.5 Å². The van der Waals surface area contributed by atoms with E-state index in [9.17, 15) is 5.26 Å². The summed E-state index contributed by atoms with van der Waals surface area (Å²) in [6.07, 6.45) is 3.09. The first-order valence-electron chi connectivity index (χ1n) is 9.18. The van der Waals surface area contributed by atoms with Crippen molar-refractivity contribution in [3.63, 3.8) is 0 Å². The van der Waals surface area contributed by atoms with Gasteiger partial charge in [-0.1, -0.05) is 6.07 Å². The molecule has 5 heteroatoms. The van der Waals surface area contributed by atoms with Crippen molar-refractivity contribution < 1.29 is 4.74 Å². The molecule has 2 heterocycles. The van der Waals surface area contributed by atoms with Crippen molar-refractivity contribution in [1.29, 1.82) is 5.26 Å². The number of hydrogen-bond donors (Lipinski definition) is 1. The van der Waals surface area contributed by atoms with Gasteiger partial charge in [0.05, 0.1) is 17.9 Å². The van der Waals surface area contributed by atoms with Crippen LogP contribution in [0.25, 0.3) is 0 Å². The van der Waals surface area contributed by atoms with E-state index in [-0.39, 0.29) is 0 Å². The van der Waals surface area contributed by atoms with Crippen molar-refractivity contribution in [1.82, 2.24) is 15.1 Å². The zero-order chi connectivity index (χ0) is 17.6. The molecule has 0 saturated carbocycles. The standard InChI is InChI=1S/C20H26N4O/c1-3-24-19(16-7-9-22-10-8-16)13-18(23-24)12-15-5-6-20(25-4-2)17(11-15)14-21/h5-6,11,13,16,22H,3-4,7-10,12H2,1-2H3. The van der Waals surface area contributed by atoms with E-state index in [0.717, 1.165) is 37.3 Å². The van der Waals surface area contributed by atoms with Crippen LogP contribution >= 0.6 is 0 Å². The van der Waals surface area contributed by atoms with Crippen LogP contribution in [-0.2, 0) is 13.0 Å². The summed E-state index contributed by atoms with van der Waals surface area (Å²) in [6, 6.07) is 10.3. The summed E-state index contributed by atoms with van der Waals surface area (Å²) in [4.78, 5) is 0. The summed E-state index contributed by atoms with van der Waals surface area (Å²) >= 11 is 0. The molecule has 5 nitrogen and oxygen atoms in total. The van der Waals surface area contributed by atoms with Crippen LogP contribution < -0.4 is 10.1 Å². The molecule has 1 aliphatic heterocycles. The Labute approximate surface area is 149 Å². The topological polar surface area (TPSA) is 62.9 Å². The molecule has 0 bridgehead atoms. The zero-order valence-corrected chi connectivity index (χ0v) is 15.1. The molecule has 0 spiro atoms. The first kappa shape index (κ1) is 17.5. The van der Waals surface area contributed by atoms with Gasteiger partial charge in [0, 0.05) is 24.6 Å². The molecular formula is C20H26N4O. The largest absolute Gasteiger partial charge is 0.492 e. The second kappa shape index (κ2) is 8.17. The second-order valence-electron chi connectivity index (χ2n) is 6.45. The third-order valence-electron chi connectivity index (χ3n) is 4.77. The van der Waals surface area contributed by atoms with Crippen LogP contribution in [0.4, 0.5) is 0 Å². The number of ether oxygens (including phenoxy) is 1. The van der Waals surface area contributed by atoms with Crippen molar-refractivity contribution >= 4 is 0 Å². The predicted octanol–water partition coefficient (Wildman–Crippen LogP) is 3.23. The number of aromatic nitrogens is 2. The maximum atomic E-state index is 9.34. The molecule has 1 N–H and O–H groups in total. The number of rotatable bonds is 6. The van der Waals surface area contributed by atoms with Gasteiger partial charge in [-0.25, -0.2) is 0 Å². The van der Waals surface area contributed by atoms with Crippen molar-refractivity contribution in [2.45, 2.75) is 45.6 Å². The molecule has 2 aromatic rings. The number of piperidine rings is 1. The van der Waals surface area contributed by atoms with Gasteiger partial charge in [-0.15, -0.1) is 0 Å². The summed E-state index contributed by atoms with van der Waals surface area (Å²) in [6.45, 7) is 7.69. The Morgan fingerprint density at radius 2 is 2.08 bits per heavy atom. The summed E-state index contributed by atoms with van der Waals surface area (Å²) in [5.41, 5.74) is 4.11. The molecule has 3 rings (SSSR count). The SMILES string of the molecule is CCOc1ccc(Cc2cc(C3CCNCC3)n(CC)n2)cc1C#N. The molecule has 0 aliphatic carbocycles. The Bertz CT molecular complexity index is 754. The maximum absolute atomic E-state index is 9.34. The van der Waals surface area contributed by atoms with Gasteiger partial charge < -0.3 is 10.1 Å². The lowest BCUT2D eigenvalue weighted by molar-refractivity contribution is 0.339. The van der Waals surface area contributed by atoms with E-state index in [1.54, 1.807) is 0 Å². The van der Waals surface area contributed by atoms with Crippen LogP contribution in [0, 0.1) is 11.3 Å². The van der Waals surface area contributed by atoms with Gasteiger partial charge in [-0.2, -0.15) is 10.4 Å². The molecule has 132 valence electrons. The minimum Gasteiger partial charge on any atom is -0.492 e. The minimum absolute atomic E-state index is 0.564. The molecule has 0 atom stereocenters. The molecule has 0 unspecified atom stereocenters. The monoisotopic (exact) mass is 338 g/mol. The van der Waals surface area contributed by atoms with E-state index in [0.29, 0.717) is 23.8 Å². The van der Waals surface area contributed by atoms with E-state index < -0.39 is 0 Å². The highest BCUT2D eigenvalue weighted by Crippen LogP contribution is 2.27. The fraction of sp³-hybridized carbons (Fsp3) is 0.500. The Balaban J connectivity index is 1.81. The lowest BCUT2D eigenvalue weighted by atomic mass is 9.94. The van der Waals surface area contributed by atoms with Crippen LogP contribution in [0.2, 0.25) is 0 Å². The minimum atomic E-state index is 0.564. The highest BCUT2D eigenvalue weighted by molar-refractivity contribution is 5.46. The fourth-order valence-corrected chi connectivity index (χ4v) is 3.54. The molecular weight excluding hydrogens is 312 g/mol. The van der Waals surface area contributed by atoms with Gasteiger partial charge >= 0.3 is 0 Å². The highest BCUT2D eigenvalue weighted by Gasteiger charge is 2.20. The molecule has 25 heavy (non-hydrogen) atoms. The van der Waals surface area contributed by atoms with Gasteiger partial charge in [-0.05, 0) is 63.5 Å². The van der Waals surface area contributed by atoms with Crippen molar-refractivity contribution in [2.75, 3.05) is 19.7 Å². The summed E-state index contributed by atoms with van der Waals surface area (Å²) in [5, 5.41) is 17.6. The highest BCUT2D eigenvalue weighted by atomic mass is 16.5. The van der Waals surface area contributed by atoms with Crippen LogP contribution in [0.3, 0.4) is 0 Å². The van der Waals surface area contributed by atoms with E-state index in [1.165, 1.54) is 18.5 Å². The summed E-state index contributed by atoms with van der Waals surface area (Å²) in [7, 11) is 0. The van der Waals surface area contributed by atoms with Gasteiger partial charge in [0.15, 0.2) is 0 Å². The number of nitrogens with zero attached hydrogens (tertiary/aromatic N) is 3. The molecule has 1 aliphatic rings. The first-order valence-corrected chi connectivity index (χ1v) is 9.18. The number of aryl methyl sites for hydroxylation is 1. The number of nitriles is 1. The van der Waals surface area contributed by atoms with E-state index >= 15 is 0 Å². The van der Waals surface area contributed by atoms with Crippen LogP contribution in [0.1, 0.15) is 55.1 Å². The summed E-state index contributed by atoms with van der Waals surface area (Å²) < 4.78 is 7.65. The van der Waals surface area contributed by atoms with E-state index in [4.69, 9.17) is 9.84 Å². The van der Waals surface area contributed by atoms with Crippen molar-refractivity contribution in [3.8, 4) is 11.8 Å². The van der Waals surface area contributed by atoms with Crippen LogP contribution in [0.5, 0.6) is 5.75 Å². The number of nitrogens with one attached hydrogen (secondary N) is 1. The Morgan fingerprint density at radius 1 is 1.28 bits per heavy atom. The lowest BCUT2D eigenvalue weighted by Crippen LogP contribution is -2.27. The van der Waals surface area contributed by atoms with Crippen LogP contribution in [0.15, 0.2) is 24.3 Å². The Kier molecular flexibility index (Phi) is 5.72. The third kappa shape index (κ3) is 4.02. The zero-order valence-electron chi connectivity index (χ0n) is 15.1. The quantitative estimate of drug-likeness (QED) is 0.878. The van der Waals surface area contributed by atoms with E-state index in [2.05, 4.69) is 29.1 Å². The molecule has 0 amide bonds. The lowest BCUT2D eigenvalue weighted by Gasteiger charge is -2.23. The smallest absolute Gasteiger partial charge is 0.137 e. The van der Waals surface area contributed by atoms with Gasteiger partial charge in [0.1, 0.15) is 11.8 Å². The maximum Gasteiger partial charge on any atom is 0.137 e. The fourth-order valence-electron chi connectivity index (χ4n) is 3.54. The normalized spacial score (nSPS) is 15.1. The molecule has 1 saturated heterocycles. The molecule has 0 radical (unpaired) electrons.